The zero-order chi connectivity index (χ0) is 12.8. The van der Waals surface area contributed by atoms with Gasteiger partial charge in [-0.15, -0.1) is 0 Å². The first-order valence-electron chi connectivity index (χ1n) is 6.39. The predicted octanol–water partition coefficient (Wildman–Crippen LogP) is 3.09. The van der Waals surface area contributed by atoms with E-state index in [9.17, 15) is 4.79 Å². The Labute approximate surface area is 110 Å². The standard InChI is InChI=1S/C16H12N2O/c19-15(13-8-10-4-1-2-5-11(10)13)14-9-18-16-12(14)6-3-7-17-16/h1-7,9,13H,8H2,(H,17,18). The molecule has 3 aromatic rings. The molecule has 0 amide bonds. The van der Waals surface area contributed by atoms with Gasteiger partial charge in [-0.3, -0.25) is 4.79 Å². The second-order valence-electron chi connectivity index (χ2n) is 4.92. The first kappa shape index (κ1) is 10.5. The molecule has 0 radical (unpaired) electrons. The summed E-state index contributed by atoms with van der Waals surface area (Å²) in [5.74, 6) is 0.202. The monoisotopic (exact) mass is 248 g/mol. The van der Waals surface area contributed by atoms with Crippen LogP contribution in [0, 0.1) is 0 Å². The largest absolute Gasteiger partial charge is 0.345 e. The first-order chi connectivity index (χ1) is 9.34. The summed E-state index contributed by atoms with van der Waals surface area (Å²) >= 11 is 0. The lowest BCUT2D eigenvalue weighted by molar-refractivity contribution is 0.0950. The molecule has 1 aromatic carbocycles. The molecule has 2 heterocycles. The topological polar surface area (TPSA) is 45.8 Å². The molecule has 0 aliphatic heterocycles. The Morgan fingerprint density at radius 1 is 1.21 bits per heavy atom. The van der Waals surface area contributed by atoms with Crippen LogP contribution in [0.4, 0.5) is 0 Å². The summed E-state index contributed by atoms with van der Waals surface area (Å²) in [4.78, 5) is 19.9. The third-order valence-corrected chi connectivity index (χ3v) is 3.89. The predicted molar refractivity (Wildman–Crippen MR) is 73.3 cm³/mol. The molecule has 0 saturated carbocycles. The number of nitrogens with zero attached hydrogens (tertiary/aromatic N) is 1. The Morgan fingerprint density at radius 3 is 3.00 bits per heavy atom. The van der Waals surface area contributed by atoms with Crippen LogP contribution in [0.5, 0.6) is 0 Å². The van der Waals surface area contributed by atoms with Crippen molar-refractivity contribution in [2.75, 3.05) is 0 Å². The highest BCUT2D eigenvalue weighted by Gasteiger charge is 2.33. The summed E-state index contributed by atoms with van der Waals surface area (Å²) < 4.78 is 0. The van der Waals surface area contributed by atoms with Crippen molar-refractivity contribution in [3.8, 4) is 0 Å². The number of pyridine rings is 1. The number of Topliss-reactive ketones (excluding diaryl/α,β-unsaturated/α-hetero) is 1. The summed E-state index contributed by atoms with van der Waals surface area (Å²) in [7, 11) is 0. The van der Waals surface area contributed by atoms with Crippen LogP contribution in [0.1, 0.15) is 27.4 Å². The zero-order valence-electron chi connectivity index (χ0n) is 10.3. The lowest BCUT2D eigenvalue weighted by atomic mass is 9.74. The van der Waals surface area contributed by atoms with Crippen LogP contribution in [0.15, 0.2) is 48.8 Å². The number of nitrogens with one attached hydrogen (secondary N) is 1. The van der Waals surface area contributed by atoms with Crippen molar-refractivity contribution < 1.29 is 4.79 Å². The smallest absolute Gasteiger partial charge is 0.172 e. The van der Waals surface area contributed by atoms with E-state index < -0.39 is 0 Å². The minimum absolute atomic E-state index is 0.00964. The van der Waals surface area contributed by atoms with Gasteiger partial charge in [0.05, 0.1) is 5.92 Å². The maximum absolute atomic E-state index is 12.6. The Kier molecular flexibility index (Phi) is 2.09. The number of aromatic amines is 1. The number of ketones is 1. The summed E-state index contributed by atoms with van der Waals surface area (Å²) in [6.45, 7) is 0. The third-order valence-electron chi connectivity index (χ3n) is 3.89. The average Bonchev–Trinajstić information content (AvgIpc) is 2.84. The fourth-order valence-corrected chi connectivity index (χ4v) is 2.84. The SMILES string of the molecule is O=C(c1c[nH]c2ncccc12)C1Cc2ccccc21. The normalized spacial score (nSPS) is 16.9. The van der Waals surface area contributed by atoms with Gasteiger partial charge in [-0.2, -0.15) is 0 Å². The summed E-state index contributed by atoms with van der Waals surface area (Å²) in [6.07, 6.45) is 4.36. The number of hydrogen-bond donors (Lipinski definition) is 1. The second-order valence-corrected chi connectivity index (χ2v) is 4.92. The van der Waals surface area contributed by atoms with Crippen molar-refractivity contribution in [1.82, 2.24) is 9.97 Å². The Bertz CT molecular complexity index is 788. The van der Waals surface area contributed by atoms with Crippen molar-refractivity contribution in [2.45, 2.75) is 12.3 Å². The van der Waals surface area contributed by atoms with E-state index >= 15 is 0 Å². The maximum Gasteiger partial charge on any atom is 0.172 e. The van der Waals surface area contributed by atoms with Gasteiger partial charge in [-0.25, -0.2) is 4.98 Å². The summed E-state index contributed by atoms with van der Waals surface area (Å²) in [5.41, 5.74) is 3.99. The van der Waals surface area contributed by atoms with E-state index in [1.807, 2.05) is 24.3 Å². The molecule has 2 aromatic heterocycles. The van der Waals surface area contributed by atoms with Gasteiger partial charge < -0.3 is 4.98 Å². The van der Waals surface area contributed by atoms with E-state index in [1.165, 1.54) is 11.1 Å². The number of H-pyrrole nitrogens is 1. The molecule has 1 N–H and O–H groups in total. The van der Waals surface area contributed by atoms with Crippen molar-refractivity contribution in [1.29, 1.82) is 0 Å². The first-order valence-corrected chi connectivity index (χ1v) is 6.39. The molecule has 0 spiro atoms. The number of benzene rings is 1. The van der Waals surface area contributed by atoms with Crippen molar-refractivity contribution >= 4 is 16.8 Å². The average molecular weight is 248 g/mol. The third kappa shape index (κ3) is 1.45. The number of aromatic nitrogens is 2. The molecule has 1 unspecified atom stereocenters. The van der Waals surface area contributed by atoms with Gasteiger partial charge in [-0.05, 0) is 29.7 Å². The Morgan fingerprint density at radius 2 is 2.11 bits per heavy atom. The van der Waals surface area contributed by atoms with Crippen molar-refractivity contribution in [3.63, 3.8) is 0 Å². The van der Waals surface area contributed by atoms with Crippen LogP contribution < -0.4 is 0 Å². The molecule has 0 fully saturated rings. The van der Waals surface area contributed by atoms with E-state index in [1.54, 1.807) is 12.4 Å². The van der Waals surface area contributed by atoms with Gasteiger partial charge in [0.25, 0.3) is 0 Å². The molecule has 0 bridgehead atoms. The molecule has 3 heteroatoms. The van der Waals surface area contributed by atoms with Crippen molar-refractivity contribution in [3.05, 3.63) is 65.5 Å². The van der Waals surface area contributed by atoms with Crippen LogP contribution in [0.3, 0.4) is 0 Å². The molecule has 1 atom stereocenters. The molecule has 1 aliphatic rings. The molecule has 3 nitrogen and oxygen atoms in total. The molecule has 4 rings (SSSR count). The second kappa shape index (κ2) is 3.79. The van der Waals surface area contributed by atoms with E-state index in [4.69, 9.17) is 0 Å². The van der Waals surface area contributed by atoms with E-state index in [0.29, 0.717) is 0 Å². The van der Waals surface area contributed by atoms with Gasteiger partial charge in [0.1, 0.15) is 5.65 Å². The highest BCUT2D eigenvalue weighted by atomic mass is 16.1. The lowest BCUT2D eigenvalue weighted by Gasteiger charge is -2.28. The minimum atomic E-state index is 0.00964. The molecule has 19 heavy (non-hydrogen) atoms. The van der Waals surface area contributed by atoms with E-state index in [2.05, 4.69) is 22.1 Å². The Balaban J connectivity index is 1.77. The summed E-state index contributed by atoms with van der Waals surface area (Å²) in [5, 5.41) is 0.914. The summed E-state index contributed by atoms with van der Waals surface area (Å²) in [6, 6.07) is 12.0. The molecular formula is C16H12N2O. The van der Waals surface area contributed by atoms with Crippen LogP contribution in [-0.2, 0) is 6.42 Å². The quantitative estimate of drug-likeness (QED) is 0.708. The number of rotatable bonds is 2. The number of fused-ring (bicyclic) bond motifs is 2. The van der Waals surface area contributed by atoms with Crippen LogP contribution in [0.2, 0.25) is 0 Å². The number of carbonyl (C=O) groups excluding carboxylic acids is 1. The number of hydrogen-bond acceptors (Lipinski definition) is 2. The molecule has 1 aliphatic carbocycles. The maximum atomic E-state index is 12.6. The van der Waals surface area contributed by atoms with Gasteiger partial charge in [-0.1, -0.05) is 24.3 Å². The van der Waals surface area contributed by atoms with Gasteiger partial charge >= 0.3 is 0 Å². The fraction of sp³-hybridized carbons (Fsp3) is 0.125. The zero-order valence-corrected chi connectivity index (χ0v) is 10.3. The molecular weight excluding hydrogens is 236 g/mol. The van der Waals surface area contributed by atoms with Crippen LogP contribution >= 0.6 is 0 Å². The highest BCUT2D eigenvalue weighted by molar-refractivity contribution is 6.11. The van der Waals surface area contributed by atoms with E-state index in [-0.39, 0.29) is 11.7 Å². The van der Waals surface area contributed by atoms with Gasteiger partial charge in [0.2, 0.25) is 0 Å². The van der Waals surface area contributed by atoms with Crippen molar-refractivity contribution in [2.24, 2.45) is 0 Å². The van der Waals surface area contributed by atoms with Gasteiger partial charge in [0, 0.05) is 23.3 Å². The highest BCUT2D eigenvalue weighted by Crippen LogP contribution is 2.38. The Hall–Kier alpha value is -2.42. The fourth-order valence-electron chi connectivity index (χ4n) is 2.84. The molecule has 0 saturated heterocycles. The van der Waals surface area contributed by atoms with Gasteiger partial charge in [0.15, 0.2) is 5.78 Å². The lowest BCUT2D eigenvalue weighted by Crippen LogP contribution is -2.25. The van der Waals surface area contributed by atoms with Crippen LogP contribution in [-0.4, -0.2) is 15.8 Å². The minimum Gasteiger partial charge on any atom is -0.345 e. The van der Waals surface area contributed by atoms with Crippen LogP contribution in [0.25, 0.3) is 11.0 Å². The van der Waals surface area contributed by atoms with E-state index in [0.717, 1.165) is 23.0 Å². The molecule has 92 valence electrons. The number of carbonyl (C=O) groups is 1.